The average Bonchev–Trinajstić information content (AvgIpc) is 2.81. The van der Waals surface area contributed by atoms with Crippen LogP contribution in [0.15, 0.2) is 47.4 Å². The van der Waals surface area contributed by atoms with Crippen molar-refractivity contribution in [3.05, 3.63) is 53.6 Å². The van der Waals surface area contributed by atoms with Crippen LogP contribution in [0.3, 0.4) is 0 Å². The third-order valence-electron chi connectivity index (χ3n) is 3.76. The number of fused-ring (bicyclic) bond motifs is 1. The molecule has 2 aromatic rings. The van der Waals surface area contributed by atoms with Gasteiger partial charge in [-0.15, -0.1) is 0 Å². The lowest BCUT2D eigenvalue weighted by Crippen LogP contribution is -2.20. The Kier molecular flexibility index (Phi) is 4.53. The number of hydrogen-bond acceptors (Lipinski definition) is 3. The van der Waals surface area contributed by atoms with Gasteiger partial charge in [0.2, 0.25) is 5.91 Å². The molecule has 2 aromatic carbocycles. The van der Waals surface area contributed by atoms with Gasteiger partial charge >= 0.3 is 0 Å². The smallest absolute Gasteiger partial charge is 0.288 e. The number of hydrogen-bond donors (Lipinski definition) is 1. The number of likely N-dealkylation sites (N-methyl/N-ethyl adjacent to an activating group) is 1. The van der Waals surface area contributed by atoms with E-state index < -0.39 is 11.7 Å². The van der Waals surface area contributed by atoms with Gasteiger partial charge < -0.3 is 10.2 Å². The third-order valence-corrected chi connectivity index (χ3v) is 4.55. The third kappa shape index (κ3) is 3.26. The van der Waals surface area contributed by atoms with Crippen molar-refractivity contribution < 1.29 is 18.4 Å². The Morgan fingerprint density at radius 1 is 1.25 bits per heavy atom. The lowest BCUT2D eigenvalue weighted by Gasteiger charge is -2.12. The number of nitrogens with zero attached hydrogens (tertiary/aromatic N) is 1. The summed E-state index contributed by atoms with van der Waals surface area (Å²) in [5.41, 5.74) is 2.36. The number of alkyl halides is 2. The second-order valence-corrected chi connectivity index (χ2v) is 6.33. The Morgan fingerprint density at radius 3 is 2.75 bits per heavy atom. The molecule has 1 N–H and O–H groups in total. The SMILES string of the molecule is CN1C(=O)Cc2cc(NC(=O)c3ccccc3SC(F)F)ccc21. The zero-order chi connectivity index (χ0) is 17.3. The monoisotopic (exact) mass is 348 g/mol. The zero-order valence-corrected chi connectivity index (χ0v) is 13.6. The van der Waals surface area contributed by atoms with Gasteiger partial charge in [-0.1, -0.05) is 23.9 Å². The highest BCUT2D eigenvalue weighted by Crippen LogP contribution is 2.31. The van der Waals surface area contributed by atoms with E-state index in [1.807, 2.05) is 0 Å². The summed E-state index contributed by atoms with van der Waals surface area (Å²) in [6, 6.07) is 11.4. The summed E-state index contributed by atoms with van der Waals surface area (Å²) in [5.74, 6) is -3.07. The average molecular weight is 348 g/mol. The van der Waals surface area contributed by atoms with E-state index in [-0.39, 0.29) is 22.8 Å². The molecule has 0 spiro atoms. The molecule has 0 radical (unpaired) electrons. The van der Waals surface area contributed by atoms with Crippen LogP contribution in [0.1, 0.15) is 15.9 Å². The van der Waals surface area contributed by atoms with Gasteiger partial charge in [0.25, 0.3) is 11.7 Å². The van der Waals surface area contributed by atoms with Gasteiger partial charge in [-0.25, -0.2) is 0 Å². The van der Waals surface area contributed by atoms with E-state index >= 15 is 0 Å². The molecule has 7 heteroatoms. The number of thioether (sulfide) groups is 1. The molecule has 4 nitrogen and oxygen atoms in total. The summed E-state index contributed by atoms with van der Waals surface area (Å²) in [7, 11) is 1.70. The van der Waals surface area contributed by atoms with Crippen molar-refractivity contribution in [2.45, 2.75) is 17.1 Å². The minimum Gasteiger partial charge on any atom is -0.322 e. The Labute approximate surface area is 141 Å². The molecule has 0 aromatic heterocycles. The normalized spacial score (nSPS) is 13.3. The standard InChI is InChI=1S/C17H14F2N2O2S/c1-21-13-7-6-11(8-10(13)9-15(21)22)20-16(23)12-4-2-3-5-14(12)24-17(18)19/h2-8,17H,9H2,1H3,(H,20,23). The fourth-order valence-corrected chi connectivity index (χ4v) is 3.24. The largest absolute Gasteiger partial charge is 0.322 e. The van der Waals surface area contributed by atoms with E-state index in [4.69, 9.17) is 0 Å². The lowest BCUT2D eigenvalue weighted by molar-refractivity contribution is -0.117. The first kappa shape index (κ1) is 16.4. The van der Waals surface area contributed by atoms with Crippen LogP contribution < -0.4 is 10.2 Å². The van der Waals surface area contributed by atoms with E-state index in [9.17, 15) is 18.4 Å². The Morgan fingerprint density at radius 2 is 2.00 bits per heavy atom. The molecule has 1 aliphatic heterocycles. The Hall–Kier alpha value is -2.41. The summed E-state index contributed by atoms with van der Waals surface area (Å²) < 4.78 is 25.2. The predicted octanol–water partition coefficient (Wildman–Crippen LogP) is 3.77. The number of nitrogens with one attached hydrogen (secondary N) is 1. The topological polar surface area (TPSA) is 49.4 Å². The number of carbonyl (C=O) groups is 2. The fourth-order valence-electron chi connectivity index (χ4n) is 2.60. The van der Waals surface area contributed by atoms with Gasteiger partial charge in [-0.3, -0.25) is 9.59 Å². The summed E-state index contributed by atoms with van der Waals surface area (Å²) in [4.78, 5) is 25.9. The van der Waals surface area contributed by atoms with E-state index in [0.717, 1.165) is 11.3 Å². The second-order valence-electron chi connectivity index (χ2n) is 5.30. The van der Waals surface area contributed by atoms with Crippen molar-refractivity contribution in [1.29, 1.82) is 0 Å². The maximum Gasteiger partial charge on any atom is 0.288 e. The van der Waals surface area contributed by atoms with Crippen molar-refractivity contribution in [2.75, 3.05) is 17.3 Å². The van der Waals surface area contributed by atoms with E-state index in [2.05, 4.69) is 5.32 Å². The molecule has 0 fully saturated rings. The molecule has 24 heavy (non-hydrogen) atoms. The van der Waals surface area contributed by atoms with Crippen LogP contribution in [0.5, 0.6) is 0 Å². The van der Waals surface area contributed by atoms with Crippen LogP contribution in [0.2, 0.25) is 0 Å². The van der Waals surface area contributed by atoms with Crippen LogP contribution in [0.25, 0.3) is 0 Å². The van der Waals surface area contributed by atoms with Crippen LogP contribution >= 0.6 is 11.8 Å². The van der Waals surface area contributed by atoms with Crippen molar-refractivity contribution in [1.82, 2.24) is 0 Å². The minimum absolute atomic E-state index is 0.00726. The molecular formula is C17H14F2N2O2S. The number of halogens is 2. The first-order valence-corrected chi connectivity index (χ1v) is 8.08. The molecule has 0 atom stereocenters. The summed E-state index contributed by atoms with van der Waals surface area (Å²) >= 11 is 0.339. The minimum atomic E-state index is -2.60. The molecule has 124 valence electrons. The van der Waals surface area contributed by atoms with Crippen molar-refractivity contribution in [3.8, 4) is 0 Å². The first-order chi connectivity index (χ1) is 11.5. The fraction of sp³-hybridized carbons (Fsp3) is 0.176. The van der Waals surface area contributed by atoms with Crippen LogP contribution in [0, 0.1) is 0 Å². The van der Waals surface area contributed by atoms with Crippen LogP contribution in [-0.2, 0) is 11.2 Å². The Balaban J connectivity index is 1.82. The number of benzene rings is 2. The molecule has 1 heterocycles. The highest BCUT2D eigenvalue weighted by atomic mass is 32.2. The van der Waals surface area contributed by atoms with Gasteiger partial charge in [0.05, 0.1) is 12.0 Å². The Bertz CT molecular complexity index is 811. The van der Waals surface area contributed by atoms with E-state index in [1.54, 1.807) is 42.3 Å². The molecule has 0 aliphatic carbocycles. The maximum atomic E-state index is 12.6. The van der Waals surface area contributed by atoms with Gasteiger partial charge in [-0.05, 0) is 35.9 Å². The number of rotatable bonds is 4. The lowest BCUT2D eigenvalue weighted by atomic mass is 10.1. The first-order valence-electron chi connectivity index (χ1n) is 7.20. The van der Waals surface area contributed by atoms with E-state index in [0.29, 0.717) is 17.4 Å². The van der Waals surface area contributed by atoms with Gasteiger partial charge in [0, 0.05) is 23.3 Å². The van der Waals surface area contributed by atoms with Crippen LogP contribution in [0.4, 0.5) is 20.2 Å². The molecule has 0 unspecified atom stereocenters. The zero-order valence-electron chi connectivity index (χ0n) is 12.8. The second kappa shape index (κ2) is 6.60. The summed E-state index contributed by atoms with van der Waals surface area (Å²) in [6.07, 6.45) is 0.285. The predicted molar refractivity (Wildman–Crippen MR) is 89.8 cm³/mol. The number of carbonyl (C=O) groups excluding carboxylic acids is 2. The number of anilines is 2. The summed E-state index contributed by atoms with van der Waals surface area (Å²) in [6.45, 7) is 0. The van der Waals surface area contributed by atoms with Crippen molar-refractivity contribution >= 4 is 35.0 Å². The maximum absolute atomic E-state index is 12.6. The molecule has 0 saturated carbocycles. The molecule has 1 aliphatic rings. The van der Waals surface area contributed by atoms with Gasteiger partial charge in [0.1, 0.15) is 0 Å². The van der Waals surface area contributed by atoms with Crippen LogP contribution in [-0.4, -0.2) is 24.6 Å². The van der Waals surface area contributed by atoms with Crippen molar-refractivity contribution in [3.63, 3.8) is 0 Å². The van der Waals surface area contributed by atoms with Crippen molar-refractivity contribution in [2.24, 2.45) is 0 Å². The summed E-state index contributed by atoms with van der Waals surface area (Å²) in [5, 5.41) is 2.70. The molecule has 0 bridgehead atoms. The molecule has 0 saturated heterocycles. The van der Waals surface area contributed by atoms with Gasteiger partial charge in [-0.2, -0.15) is 8.78 Å². The van der Waals surface area contributed by atoms with Gasteiger partial charge in [0.15, 0.2) is 0 Å². The quantitative estimate of drug-likeness (QED) is 0.856. The molecule has 2 amide bonds. The highest BCUT2D eigenvalue weighted by molar-refractivity contribution is 7.99. The highest BCUT2D eigenvalue weighted by Gasteiger charge is 2.24. The van der Waals surface area contributed by atoms with E-state index in [1.165, 1.54) is 12.1 Å². The number of amides is 2. The molecular weight excluding hydrogens is 334 g/mol. The molecule has 3 rings (SSSR count).